The maximum atomic E-state index is 6.06. The van der Waals surface area contributed by atoms with Crippen LogP contribution >= 0.6 is 0 Å². The van der Waals surface area contributed by atoms with E-state index < -0.39 is 0 Å². The fourth-order valence-electron chi connectivity index (χ4n) is 3.82. The molecular weight excluding hydrogens is 675 g/mol. The number of rotatable bonds is 20. The fourth-order valence-corrected chi connectivity index (χ4v) is 3.82. The second-order valence-electron chi connectivity index (χ2n) is 21.6. The predicted molar refractivity (Wildman–Crippen MR) is 238 cm³/mol. The molecular formula is C47H103NO6. The van der Waals surface area contributed by atoms with Crippen LogP contribution < -0.4 is 0 Å². The molecule has 0 amide bonds. The standard InChI is InChI=1S/2C18H38O3.C6H14.C5H13N/c1-16(2,3)10-11-20-15(17(4,5)6)14-19-12-13-21-18(7,8)9;1-16(2,3)10-11-19-14-15(17(4,5)6)20-12-13-21-18(7,8)9;2*1-4-6(3)5-2/h2*15H,10-14H2,1-9H3;6H,4-5H2,1-3H3;4-5H2,1-3H3. The van der Waals surface area contributed by atoms with Crippen molar-refractivity contribution < 1.29 is 28.4 Å². The van der Waals surface area contributed by atoms with Gasteiger partial charge in [-0.05, 0) is 102 Å². The highest BCUT2D eigenvalue weighted by Gasteiger charge is 2.27. The van der Waals surface area contributed by atoms with Crippen LogP contribution in [-0.2, 0) is 28.4 Å². The van der Waals surface area contributed by atoms with Gasteiger partial charge >= 0.3 is 0 Å². The second kappa shape index (κ2) is 30.8. The van der Waals surface area contributed by atoms with E-state index in [0.717, 1.165) is 45.1 Å². The van der Waals surface area contributed by atoms with Gasteiger partial charge in [0.05, 0.1) is 63.1 Å². The molecule has 0 aliphatic carbocycles. The number of ether oxygens (including phenoxy) is 6. The van der Waals surface area contributed by atoms with Gasteiger partial charge in [0, 0.05) is 13.2 Å². The Kier molecular flexibility index (Phi) is 34.4. The lowest BCUT2D eigenvalue weighted by molar-refractivity contribution is -0.101. The molecule has 0 bridgehead atoms. The van der Waals surface area contributed by atoms with Crippen molar-refractivity contribution in [2.75, 3.05) is 73.0 Å². The number of hydrogen-bond donors (Lipinski definition) is 0. The maximum Gasteiger partial charge on any atom is 0.0857 e. The van der Waals surface area contributed by atoms with Gasteiger partial charge in [0.25, 0.3) is 0 Å². The molecule has 2 atom stereocenters. The Bertz CT molecular complexity index is 765. The Morgan fingerprint density at radius 3 is 1.06 bits per heavy atom. The first kappa shape index (κ1) is 60.4. The molecule has 332 valence electrons. The molecule has 0 saturated carbocycles. The zero-order valence-electron chi connectivity index (χ0n) is 41.5. The van der Waals surface area contributed by atoms with E-state index in [1.54, 1.807) is 0 Å². The topological polar surface area (TPSA) is 58.6 Å². The summed E-state index contributed by atoms with van der Waals surface area (Å²) in [6, 6.07) is 0. The Balaban J connectivity index is -0.000000355. The van der Waals surface area contributed by atoms with Crippen LogP contribution in [0.3, 0.4) is 0 Å². The van der Waals surface area contributed by atoms with Crippen molar-refractivity contribution in [1.82, 2.24) is 4.90 Å². The van der Waals surface area contributed by atoms with Gasteiger partial charge in [-0.2, -0.15) is 0 Å². The average molecular weight is 778 g/mol. The van der Waals surface area contributed by atoms with Gasteiger partial charge in [0.1, 0.15) is 0 Å². The summed E-state index contributed by atoms with van der Waals surface area (Å²) >= 11 is 0. The van der Waals surface area contributed by atoms with Gasteiger partial charge in [-0.3, -0.25) is 0 Å². The molecule has 0 heterocycles. The average Bonchev–Trinajstić information content (AvgIpc) is 2.99. The molecule has 0 aromatic rings. The van der Waals surface area contributed by atoms with Crippen molar-refractivity contribution in [2.24, 2.45) is 27.6 Å². The largest absolute Gasteiger partial charge is 0.379 e. The third kappa shape index (κ3) is 49.7. The van der Waals surface area contributed by atoms with Crippen LogP contribution in [0.4, 0.5) is 0 Å². The summed E-state index contributed by atoms with van der Waals surface area (Å²) in [5, 5.41) is 0. The summed E-state index contributed by atoms with van der Waals surface area (Å²) < 4.78 is 35.0. The lowest BCUT2D eigenvalue weighted by Gasteiger charge is -2.31. The Hall–Kier alpha value is -0.280. The van der Waals surface area contributed by atoms with E-state index in [1.807, 2.05) is 0 Å². The summed E-state index contributed by atoms with van der Waals surface area (Å²) in [6.07, 6.45) is 5.01. The van der Waals surface area contributed by atoms with Gasteiger partial charge in [-0.25, -0.2) is 0 Å². The van der Waals surface area contributed by atoms with Crippen LogP contribution in [0.15, 0.2) is 0 Å². The Morgan fingerprint density at radius 2 is 0.778 bits per heavy atom. The number of hydrogen-bond acceptors (Lipinski definition) is 7. The number of nitrogens with zero attached hydrogens (tertiary/aromatic N) is 1. The molecule has 7 nitrogen and oxygen atoms in total. The molecule has 2 unspecified atom stereocenters. The lowest BCUT2D eigenvalue weighted by Crippen LogP contribution is -2.35. The van der Waals surface area contributed by atoms with E-state index in [1.165, 1.54) is 12.8 Å². The third-order valence-electron chi connectivity index (χ3n) is 8.81. The summed E-state index contributed by atoms with van der Waals surface area (Å²) in [5.41, 5.74) is 0.578. The molecule has 0 aromatic carbocycles. The highest BCUT2D eigenvalue weighted by molar-refractivity contribution is 4.76. The van der Waals surface area contributed by atoms with Gasteiger partial charge < -0.3 is 33.3 Å². The van der Waals surface area contributed by atoms with Crippen molar-refractivity contribution in [2.45, 2.75) is 208 Å². The Morgan fingerprint density at radius 1 is 0.444 bits per heavy atom. The first-order valence-corrected chi connectivity index (χ1v) is 21.6. The molecule has 0 radical (unpaired) electrons. The molecule has 54 heavy (non-hydrogen) atoms. The SMILES string of the molecule is CC(C)(C)CCOC(COCCOC(C)(C)C)C(C)(C)C.CC(C)(C)CCOCC(OCCOC(C)(C)C)C(C)(C)C.CCC(C)CC.CCN(C)CC. The minimum atomic E-state index is -0.107. The first-order chi connectivity index (χ1) is 24.2. The molecule has 7 heteroatoms. The van der Waals surface area contributed by atoms with Crippen LogP contribution in [0.5, 0.6) is 0 Å². The van der Waals surface area contributed by atoms with Crippen LogP contribution in [0.2, 0.25) is 0 Å². The first-order valence-electron chi connectivity index (χ1n) is 21.6. The van der Waals surface area contributed by atoms with Gasteiger partial charge in [0.15, 0.2) is 0 Å². The highest BCUT2D eigenvalue weighted by atomic mass is 16.6. The predicted octanol–water partition coefficient (Wildman–Crippen LogP) is 12.8. The molecule has 0 N–H and O–H groups in total. The van der Waals surface area contributed by atoms with E-state index in [0.29, 0.717) is 50.5 Å². The fraction of sp³-hybridized carbons (Fsp3) is 1.00. The van der Waals surface area contributed by atoms with E-state index in [-0.39, 0.29) is 34.2 Å². The van der Waals surface area contributed by atoms with E-state index >= 15 is 0 Å². The minimum Gasteiger partial charge on any atom is -0.379 e. The minimum absolute atomic E-state index is 0.0729. The summed E-state index contributed by atoms with van der Waals surface area (Å²) in [4.78, 5) is 2.25. The quantitative estimate of drug-likeness (QED) is 0.114. The normalized spacial score (nSPS) is 14.1. The maximum absolute atomic E-state index is 6.06. The van der Waals surface area contributed by atoms with Crippen molar-refractivity contribution in [3.63, 3.8) is 0 Å². The van der Waals surface area contributed by atoms with Crippen molar-refractivity contribution in [3.05, 3.63) is 0 Å². The van der Waals surface area contributed by atoms with Crippen LogP contribution in [0, 0.1) is 27.6 Å². The van der Waals surface area contributed by atoms with Crippen LogP contribution in [-0.4, -0.2) is 101 Å². The molecule has 0 saturated heterocycles. The molecule has 0 aliphatic heterocycles. The van der Waals surface area contributed by atoms with E-state index in [9.17, 15) is 0 Å². The van der Waals surface area contributed by atoms with Gasteiger partial charge in [0.2, 0.25) is 0 Å². The van der Waals surface area contributed by atoms with E-state index in [4.69, 9.17) is 28.4 Å². The highest BCUT2D eigenvalue weighted by Crippen LogP contribution is 2.26. The van der Waals surface area contributed by atoms with Crippen molar-refractivity contribution in [3.8, 4) is 0 Å². The zero-order valence-corrected chi connectivity index (χ0v) is 41.5. The van der Waals surface area contributed by atoms with Crippen LogP contribution in [0.25, 0.3) is 0 Å². The smallest absolute Gasteiger partial charge is 0.0857 e. The zero-order chi connectivity index (χ0) is 43.5. The molecule has 0 rings (SSSR count). The lowest BCUT2D eigenvalue weighted by atomic mass is 9.89. The summed E-state index contributed by atoms with van der Waals surface area (Å²) in [5.74, 6) is 0.935. The second-order valence-corrected chi connectivity index (χ2v) is 21.6. The molecule has 0 fully saturated rings. The third-order valence-corrected chi connectivity index (χ3v) is 8.81. The van der Waals surface area contributed by atoms with Crippen molar-refractivity contribution >= 4 is 0 Å². The van der Waals surface area contributed by atoms with Gasteiger partial charge in [-0.1, -0.05) is 131 Å². The van der Waals surface area contributed by atoms with Crippen LogP contribution in [0.1, 0.15) is 185 Å². The van der Waals surface area contributed by atoms with Gasteiger partial charge in [-0.15, -0.1) is 0 Å². The molecule has 0 spiro atoms. The van der Waals surface area contributed by atoms with Crippen molar-refractivity contribution in [1.29, 1.82) is 0 Å². The monoisotopic (exact) mass is 778 g/mol. The summed E-state index contributed by atoms with van der Waals surface area (Å²) in [7, 11) is 2.11. The molecule has 0 aromatic heterocycles. The van der Waals surface area contributed by atoms with E-state index in [2.05, 4.69) is 171 Å². The summed E-state index contributed by atoms with van der Waals surface area (Å²) in [6.45, 7) is 57.6. The molecule has 0 aliphatic rings. The Labute approximate surface area is 341 Å².